The first-order valence-corrected chi connectivity index (χ1v) is 5.29. The van der Waals surface area contributed by atoms with E-state index in [0.29, 0.717) is 6.54 Å². The average Bonchev–Trinajstić information content (AvgIpc) is 2.75. The fourth-order valence-electron chi connectivity index (χ4n) is 1.45. The number of nitrogens with zero attached hydrogens (tertiary/aromatic N) is 4. The molecular weight excluding hydrogens is 202 g/mol. The number of hydrogen-bond donors (Lipinski definition) is 1. The van der Waals surface area contributed by atoms with E-state index in [1.54, 1.807) is 12.4 Å². The van der Waals surface area contributed by atoms with E-state index in [1.165, 1.54) is 0 Å². The van der Waals surface area contributed by atoms with Crippen LogP contribution in [0.1, 0.15) is 11.5 Å². The van der Waals surface area contributed by atoms with Crippen LogP contribution in [0.15, 0.2) is 31.0 Å². The lowest BCUT2D eigenvalue weighted by atomic mass is 10.3. The summed E-state index contributed by atoms with van der Waals surface area (Å²) in [7, 11) is 1.94. The molecule has 0 saturated heterocycles. The summed E-state index contributed by atoms with van der Waals surface area (Å²) >= 11 is 0. The van der Waals surface area contributed by atoms with Gasteiger partial charge in [-0.05, 0) is 13.1 Å². The second kappa shape index (κ2) is 5.37. The van der Waals surface area contributed by atoms with Crippen LogP contribution in [0.4, 0.5) is 0 Å². The maximum absolute atomic E-state index is 4.32. The van der Waals surface area contributed by atoms with E-state index in [0.717, 1.165) is 24.5 Å². The summed E-state index contributed by atoms with van der Waals surface area (Å²) in [5, 5.41) is 3.10. The Kier molecular flexibility index (Phi) is 3.61. The van der Waals surface area contributed by atoms with Gasteiger partial charge in [-0.25, -0.2) is 15.0 Å². The molecule has 2 aromatic heterocycles. The minimum atomic E-state index is 0.674. The summed E-state index contributed by atoms with van der Waals surface area (Å²) < 4.78 is 2.00. The highest BCUT2D eigenvalue weighted by Crippen LogP contribution is 1.99. The molecule has 0 fully saturated rings. The maximum Gasteiger partial charge on any atom is 0.147 e. The molecule has 2 heterocycles. The lowest BCUT2D eigenvalue weighted by Crippen LogP contribution is -2.10. The lowest BCUT2D eigenvalue weighted by Gasteiger charge is -1.99. The second-order valence-corrected chi connectivity index (χ2v) is 3.56. The van der Waals surface area contributed by atoms with Crippen molar-refractivity contribution in [1.82, 2.24) is 24.8 Å². The van der Waals surface area contributed by atoms with Crippen molar-refractivity contribution < 1.29 is 0 Å². The normalized spacial score (nSPS) is 10.6. The zero-order valence-electron chi connectivity index (χ0n) is 9.30. The quantitative estimate of drug-likeness (QED) is 0.791. The van der Waals surface area contributed by atoms with Crippen LogP contribution in [0.5, 0.6) is 0 Å². The number of aromatic nitrogens is 4. The van der Waals surface area contributed by atoms with Crippen molar-refractivity contribution in [2.24, 2.45) is 0 Å². The standard InChI is InChI=1S/C11H15N5/c1-12-6-3-10-7-16(9-15-10)8-11-13-4-2-5-14-11/h2,4-5,7,9,12H,3,6,8H2,1H3. The second-order valence-electron chi connectivity index (χ2n) is 3.56. The minimum absolute atomic E-state index is 0.674. The van der Waals surface area contributed by atoms with Gasteiger partial charge in [0.25, 0.3) is 0 Å². The van der Waals surface area contributed by atoms with Gasteiger partial charge in [0.2, 0.25) is 0 Å². The molecule has 2 aromatic rings. The Morgan fingerprint density at radius 1 is 1.25 bits per heavy atom. The molecule has 16 heavy (non-hydrogen) atoms. The first-order valence-electron chi connectivity index (χ1n) is 5.29. The highest BCUT2D eigenvalue weighted by molar-refractivity contribution is 4.99. The van der Waals surface area contributed by atoms with Gasteiger partial charge in [0.1, 0.15) is 5.82 Å². The Morgan fingerprint density at radius 3 is 2.81 bits per heavy atom. The Balaban J connectivity index is 1.97. The number of hydrogen-bond acceptors (Lipinski definition) is 4. The van der Waals surface area contributed by atoms with E-state index >= 15 is 0 Å². The zero-order valence-corrected chi connectivity index (χ0v) is 9.30. The third kappa shape index (κ3) is 2.87. The summed E-state index contributed by atoms with van der Waals surface area (Å²) in [5.41, 5.74) is 1.09. The van der Waals surface area contributed by atoms with Crippen LogP contribution in [0.25, 0.3) is 0 Å². The van der Waals surface area contributed by atoms with Crippen LogP contribution < -0.4 is 5.32 Å². The Hall–Kier alpha value is -1.75. The fourth-order valence-corrected chi connectivity index (χ4v) is 1.45. The molecule has 5 heteroatoms. The molecule has 84 valence electrons. The van der Waals surface area contributed by atoms with Gasteiger partial charge < -0.3 is 9.88 Å². The van der Waals surface area contributed by atoms with Gasteiger partial charge in [-0.1, -0.05) is 0 Å². The summed E-state index contributed by atoms with van der Waals surface area (Å²) in [6.07, 6.45) is 8.30. The summed E-state index contributed by atoms with van der Waals surface area (Å²) in [4.78, 5) is 12.7. The topological polar surface area (TPSA) is 55.6 Å². The van der Waals surface area contributed by atoms with Crippen molar-refractivity contribution in [2.75, 3.05) is 13.6 Å². The SMILES string of the molecule is CNCCc1cn(Cc2ncccn2)cn1. The lowest BCUT2D eigenvalue weighted by molar-refractivity contribution is 0.739. The first-order chi connectivity index (χ1) is 7.88. The molecule has 0 aliphatic rings. The number of imidazole rings is 1. The van der Waals surface area contributed by atoms with Gasteiger partial charge in [-0.2, -0.15) is 0 Å². The molecule has 0 amide bonds. The van der Waals surface area contributed by atoms with E-state index < -0.39 is 0 Å². The molecule has 0 aromatic carbocycles. The van der Waals surface area contributed by atoms with Gasteiger partial charge >= 0.3 is 0 Å². The third-order valence-electron chi connectivity index (χ3n) is 2.26. The van der Waals surface area contributed by atoms with Crippen LogP contribution in [-0.2, 0) is 13.0 Å². The van der Waals surface area contributed by atoms with Crippen LogP contribution in [0.3, 0.4) is 0 Å². The maximum atomic E-state index is 4.32. The van der Waals surface area contributed by atoms with Crippen molar-refractivity contribution in [3.63, 3.8) is 0 Å². The molecule has 1 N–H and O–H groups in total. The van der Waals surface area contributed by atoms with Gasteiger partial charge in [0.15, 0.2) is 0 Å². The van der Waals surface area contributed by atoms with Crippen LogP contribution in [-0.4, -0.2) is 33.1 Å². The monoisotopic (exact) mass is 217 g/mol. The first kappa shape index (κ1) is 10.8. The number of likely N-dealkylation sites (N-methyl/N-ethyl adjacent to an activating group) is 1. The van der Waals surface area contributed by atoms with Crippen molar-refractivity contribution in [3.05, 3.63) is 42.5 Å². The molecule has 0 radical (unpaired) electrons. The number of rotatable bonds is 5. The predicted molar refractivity (Wildman–Crippen MR) is 61.0 cm³/mol. The largest absolute Gasteiger partial charge is 0.330 e. The van der Waals surface area contributed by atoms with E-state index in [-0.39, 0.29) is 0 Å². The van der Waals surface area contributed by atoms with Crippen LogP contribution in [0.2, 0.25) is 0 Å². The van der Waals surface area contributed by atoms with Crippen molar-refractivity contribution in [2.45, 2.75) is 13.0 Å². The molecular formula is C11H15N5. The molecule has 0 bridgehead atoms. The van der Waals surface area contributed by atoms with E-state index in [4.69, 9.17) is 0 Å². The Labute approximate surface area is 94.6 Å². The molecule has 0 spiro atoms. The van der Waals surface area contributed by atoms with Gasteiger partial charge in [0.05, 0.1) is 18.6 Å². The van der Waals surface area contributed by atoms with E-state index in [9.17, 15) is 0 Å². The number of nitrogens with one attached hydrogen (secondary N) is 1. The Morgan fingerprint density at radius 2 is 2.06 bits per heavy atom. The smallest absolute Gasteiger partial charge is 0.147 e. The Bertz CT molecular complexity index is 423. The molecule has 5 nitrogen and oxygen atoms in total. The van der Waals surface area contributed by atoms with Gasteiger partial charge in [0, 0.05) is 31.6 Å². The van der Waals surface area contributed by atoms with E-state index in [2.05, 4.69) is 20.3 Å². The van der Waals surface area contributed by atoms with Crippen LogP contribution in [0, 0.1) is 0 Å². The molecule has 0 atom stereocenters. The van der Waals surface area contributed by atoms with Gasteiger partial charge in [-0.3, -0.25) is 0 Å². The summed E-state index contributed by atoms with van der Waals surface area (Å²) in [6.45, 7) is 1.62. The zero-order chi connectivity index (χ0) is 11.2. The highest BCUT2D eigenvalue weighted by atomic mass is 15.1. The fraction of sp³-hybridized carbons (Fsp3) is 0.364. The van der Waals surface area contributed by atoms with Crippen molar-refractivity contribution in [1.29, 1.82) is 0 Å². The van der Waals surface area contributed by atoms with Crippen molar-refractivity contribution in [3.8, 4) is 0 Å². The molecule has 0 unspecified atom stereocenters. The third-order valence-corrected chi connectivity index (χ3v) is 2.26. The predicted octanol–water partition coefficient (Wildman–Crippen LogP) is 0.483. The molecule has 0 aliphatic carbocycles. The minimum Gasteiger partial charge on any atom is -0.330 e. The summed E-state index contributed by atoms with van der Waals surface area (Å²) in [6, 6.07) is 1.82. The molecule has 2 rings (SSSR count). The average molecular weight is 217 g/mol. The molecule has 0 aliphatic heterocycles. The van der Waals surface area contributed by atoms with Crippen molar-refractivity contribution >= 4 is 0 Å². The van der Waals surface area contributed by atoms with Gasteiger partial charge in [-0.15, -0.1) is 0 Å². The molecule has 0 saturated carbocycles. The summed E-state index contributed by atoms with van der Waals surface area (Å²) in [5.74, 6) is 0.806. The van der Waals surface area contributed by atoms with E-state index in [1.807, 2.05) is 30.2 Å². The highest BCUT2D eigenvalue weighted by Gasteiger charge is 2.00. The van der Waals surface area contributed by atoms with Crippen LogP contribution >= 0.6 is 0 Å².